The van der Waals surface area contributed by atoms with Gasteiger partial charge in [0, 0.05) is 30.4 Å². The van der Waals surface area contributed by atoms with E-state index in [2.05, 4.69) is 15.0 Å². The fraction of sp³-hybridized carbons (Fsp3) is 0. The fourth-order valence-corrected chi connectivity index (χ4v) is 1.61. The minimum Gasteiger partial charge on any atom is -0.368 e. The summed E-state index contributed by atoms with van der Waals surface area (Å²) in [5, 5.41) is 0. The van der Waals surface area contributed by atoms with Gasteiger partial charge in [-0.3, -0.25) is 0 Å². The summed E-state index contributed by atoms with van der Waals surface area (Å²) in [5.74, 6) is 0.281. The molecule has 0 amide bonds. The van der Waals surface area contributed by atoms with E-state index in [9.17, 15) is 0 Å². The van der Waals surface area contributed by atoms with Gasteiger partial charge in [-0.15, -0.1) is 0 Å². The number of imidazole rings is 1. The maximum absolute atomic E-state index is 5.55. The Labute approximate surface area is 91.6 Å². The highest BCUT2D eigenvalue weighted by Gasteiger charge is 2.01. The van der Waals surface area contributed by atoms with E-state index in [1.807, 2.05) is 35.0 Å². The lowest BCUT2D eigenvalue weighted by Crippen LogP contribution is -1.95. The summed E-state index contributed by atoms with van der Waals surface area (Å²) in [6, 6.07) is 5.73. The number of nitrogen functional groups attached to an aromatic ring is 1. The maximum Gasteiger partial charge on any atom is 0.220 e. The van der Waals surface area contributed by atoms with E-state index in [-0.39, 0.29) is 5.95 Å². The van der Waals surface area contributed by atoms with E-state index in [1.54, 1.807) is 12.4 Å². The van der Waals surface area contributed by atoms with E-state index in [1.165, 1.54) is 0 Å². The average Bonchev–Trinajstić information content (AvgIpc) is 2.75. The van der Waals surface area contributed by atoms with Crippen LogP contribution in [0, 0.1) is 0 Å². The third-order valence-corrected chi connectivity index (χ3v) is 2.36. The van der Waals surface area contributed by atoms with Crippen LogP contribution in [0.1, 0.15) is 0 Å². The standard InChI is InChI=1S/C11H9N5/c12-11-14-4-3-9(15-11)8-1-2-10-13-5-6-16(10)7-8/h1-7H,(H2,12,14,15). The van der Waals surface area contributed by atoms with Crippen LogP contribution in [0.2, 0.25) is 0 Å². The summed E-state index contributed by atoms with van der Waals surface area (Å²) in [5.41, 5.74) is 8.25. The van der Waals surface area contributed by atoms with Gasteiger partial charge in [-0.2, -0.15) is 0 Å². The zero-order valence-corrected chi connectivity index (χ0v) is 8.41. The minimum absolute atomic E-state index is 0.281. The number of nitrogens with two attached hydrogens (primary N) is 1. The van der Waals surface area contributed by atoms with Gasteiger partial charge in [0.15, 0.2) is 0 Å². The first kappa shape index (κ1) is 8.84. The predicted octanol–water partition coefficient (Wildman–Crippen LogP) is 1.37. The molecule has 0 saturated heterocycles. The van der Waals surface area contributed by atoms with E-state index >= 15 is 0 Å². The third kappa shape index (κ3) is 1.38. The molecule has 3 heterocycles. The molecule has 78 valence electrons. The summed E-state index contributed by atoms with van der Waals surface area (Å²) < 4.78 is 1.94. The molecule has 0 spiro atoms. The van der Waals surface area contributed by atoms with Crippen molar-refractivity contribution in [2.24, 2.45) is 0 Å². The molecular weight excluding hydrogens is 202 g/mol. The van der Waals surface area contributed by atoms with Gasteiger partial charge in [0.1, 0.15) is 5.65 Å². The number of pyridine rings is 1. The molecule has 0 aliphatic carbocycles. The molecule has 3 aromatic heterocycles. The Hall–Kier alpha value is -2.43. The van der Waals surface area contributed by atoms with Gasteiger partial charge in [-0.05, 0) is 18.2 Å². The molecule has 0 unspecified atom stereocenters. The van der Waals surface area contributed by atoms with Gasteiger partial charge >= 0.3 is 0 Å². The number of rotatable bonds is 1. The van der Waals surface area contributed by atoms with Crippen LogP contribution in [0.4, 0.5) is 5.95 Å². The van der Waals surface area contributed by atoms with Gasteiger partial charge in [-0.25, -0.2) is 15.0 Å². The molecule has 3 rings (SSSR count). The number of hydrogen-bond donors (Lipinski definition) is 1. The second-order valence-corrected chi connectivity index (χ2v) is 3.41. The van der Waals surface area contributed by atoms with E-state index in [0.717, 1.165) is 16.9 Å². The maximum atomic E-state index is 5.55. The van der Waals surface area contributed by atoms with Gasteiger partial charge in [-0.1, -0.05) is 0 Å². The van der Waals surface area contributed by atoms with Crippen LogP contribution in [0.25, 0.3) is 16.9 Å². The summed E-state index contributed by atoms with van der Waals surface area (Å²) in [4.78, 5) is 12.2. The van der Waals surface area contributed by atoms with Crippen molar-refractivity contribution in [2.45, 2.75) is 0 Å². The lowest BCUT2D eigenvalue weighted by Gasteiger charge is -2.02. The van der Waals surface area contributed by atoms with Crippen molar-refractivity contribution in [2.75, 3.05) is 5.73 Å². The monoisotopic (exact) mass is 211 g/mol. The number of fused-ring (bicyclic) bond motifs is 1. The van der Waals surface area contributed by atoms with Crippen LogP contribution in [0.3, 0.4) is 0 Å². The normalized spacial score (nSPS) is 10.8. The molecule has 0 atom stereocenters. The second kappa shape index (κ2) is 3.30. The fourth-order valence-electron chi connectivity index (χ4n) is 1.61. The van der Waals surface area contributed by atoms with E-state index in [0.29, 0.717) is 0 Å². The van der Waals surface area contributed by atoms with Gasteiger partial charge in [0.2, 0.25) is 5.95 Å². The van der Waals surface area contributed by atoms with E-state index in [4.69, 9.17) is 5.73 Å². The molecular formula is C11H9N5. The highest BCUT2D eigenvalue weighted by molar-refractivity contribution is 5.61. The van der Waals surface area contributed by atoms with Crippen LogP contribution in [0.15, 0.2) is 43.0 Å². The summed E-state index contributed by atoms with van der Waals surface area (Å²) in [6.45, 7) is 0. The Morgan fingerprint density at radius 3 is 2.88 bits per heavy atom. The van der Waals surface area contributed by atoms with Crippen LogP contribution < -0.4 is 5.73 Å². The largest absolute Gasteiger partial charge is 0.368 e. The second-order valence-electron chi connectivity index (χ2n) is 3.41. The highest BCUT2D eigenvalue weighted by Crippen LogP contribution is 2.17. The smallest absolute Gasteiger partial charge is 0.220 e. The first-order valence-corrected chi connectivity index (χ1v) is 4.84. The molecule has 0 aliphatic heterocycles. The van der Waals surface area contributed by atoms with Gasteiger partial charge in [0.25, 0.3) is 0 Å². The molecule has 3 aromatic rings. The van der Waals surface area contributed by atoms with Crippen molar-refractivity contribution in [1.82, 2.24) is 19.4 Å². The molecule has 0 radical (unpaired) electrons. The lowest BCUT2D eigenvalue weighted by molar-refractivity contribution is 1.16. The molecule has 0 aromatic carbocycles. The Morgan fingerprint density at radius 1 is 1.06 bits per heavy atom. The van der Waals surface area contributed by atoms with Crippen molar-refractivity contribution in [3.8, 4) is 11.3 Å². The Kier molecular flexibility index (Phi) is 1.83. The number of anilines is 1. The van der Waals surface area contributed by atoms with Crippen LogP contribution in [-0.4, -0.2) is 19.4 Å². The first-order chi connectivity index (χ1) is 7.83. The molecule has 5 nitrogen and oxygen atoms in total. The van der Waals surface area contributed by atoms with Crippen molar-refractivity contribution >= 4 is 11.6 Å². The third-order valence-electron chi connectivity index (χ3n) is 2.36. The SMILES string of the molecule is Nc1nccc(-c2ccc3nccn3c2)n1. The van der Waals surface area contributed by atoms with Crippen molar-refractivity contribution in [1.29, 1.82) is 0 Å². The Morgan fingerprint density at radius 2 is 2.00 bits per heavy atom. The molecule has 5 heteroatoms. The number of aromatic nitrogens is 4. The van der Waals surface area contributed by atoms with Crippen LogP contribution in [0.5, 0.6) is 0 Å². The number of nitrogens with zero attached hydrogens (tertiary/aromatic N) is 4. The Balaban J connectivity index is 2.18. The number of hydrogen-bond acceptors (Lipinski definition) is 4. The van der Waals surface area contributed by atoms with Gasteiger partial charge in [0.05, 0.1) is 5.69 Å². The average molecular weight is 211 g/mol. The quantitative estimate of drug-likeness (QED) is 0.660. The zero-order valence-electron chi connectivity index (χ0n) is 8.41. The van der Waals surface area contributed by atoms with Crippen molar-refractivity contribution in [3.05, 3.63) is 43.0 Å². The minimum atomic E-state index is 0.281. The highest BCUT2D eigenvalue weighted by atomic mass is 15.0. The topological polar surface area (TPSA) is 69.1 Å². The first-order valence-electron chi connectivity index (χ1n) is 4.84. The van der Waals surface area contributed by atoms with E-state index < -0.39 is 0 Å². The molecule has 0 fully saturated rings. The molecule has 16 heavy (non-hydrogen) atoms. The summed E-state index contributed by atoms with van der Waals surface area (Å²) in [7, 11) is 0. The predicted molar refractivity (Wildman–Crippen MR) is 60.6 cm³/mol. The zero-order chi connectivity index (χ0) is 11.0. The molecule has 0 saturated carbocycles. The van der Waals surface area contributed by atoms with Crippen molar-refractivity contribution < 1.29 is 0 Å². The van der Waals surface area contributed by atoms with Gasteiger partial charge < -0.3 is 10.1 Å². The summed E-state index contributed by atoms with van der Waals surface area (Å²) in [6.07, 6.45) is 7.26. The molecule has 0 bridgehead atoms. The van der Waals surface area contributed by atoms with Crippen LogP contribution >= 0.6 is 0 Å². The van der Waals surface area contributed by atoms with Crippen LogP contribution in [-0.2, 0) is 0 Å². The Bertz CT molecular complexity index is 643. The molecule has 2 N–H and O–H groups in total. The van der Waals surface area contributed by atoms with Crippen molar-refractivity contribution in [3.63, 3.8) is 0 Å². The lowest BCUT2D eigenvalue weighted by atomic mass is 10.2. The summed E-state index contributed by atoms with van der Waals surface area (Å²) >= 11 is 0. The molecule has 0 aliphatic rings.